The third kappa shape index (κ3) is 4.28. The zero-order chi connectivity index (χ0) is 12.8. The predicted molar refractivity (Wildman–Crippen MR) is 70.7 cm³/mol. The molecular weight excluding hydrogens is 214 g/mol. The van der Waals surface area contributed by atoms with Crippen LogP contribution in [0, 0.1) is 5.92 Å². The maximum atomic E-state index is 11.8. The van der Waals surface area contributed by atoms with Crippen LogP contribution in [0.3, 0.4) is 0 Å². The van der Waals surface area contributed by atoms with Gasteiger partial charge in [0.15, 0.2) is 0 Å². The monoisotopic (exact) mass is 241 g/mol. The van der Waals surface area contributed by atoms with Crippen LogP contribution in [-0.2, 0) is 4.79 Å². The summed E-state index contributed by atoms with van der Waals surface area (Å²) in [5.74, 6) is 0.248. The molecule has 0 radical (unpaired) electrons. The summed E-state index contributed by atoms with van der Waals surface area (Å²) in [6.07, 6.45) is 4.66. The van der Waals surface area contributed by atoms with Crippen LogP contribution in [0.5, 0.6) is 0 Å². The Morgan fingerprint density at radius 3 is 2.82 bits per heavy atom. The molecule has 1 saturated heterocycles. The molecule has 0 bridgehead atoms. The summed E-state index contributed by atoms with van der Waals surface area (Å²) in [6.45, 7) is 5.96. The molecule has 0 aromatic carbocycles. The number of nitrogens with zero attached hydrogens (tertiary/aromatic N) is 1. The van der Waals surface area contributed by atoms with E-state index in [2.05, 4.69) is 24.2 Å². The Bertz CT molecular complexity index is 245. The van der Waals surface area contributed by atoms with Crippen molar-refractivity contribution >= 4 is 5.91 Å². The molecule has 4 heteroatoms. The SMILES string of the molecule is CCC(C)C(N)C(=O)NCC1CCCCN1C. The molecule has 1 aliphatic rings. The fourth-order valence-electron chi connectivity index (χ4n) is 2.25. The smallest absolute Gasteiger partial charge is 0.237 e. The van der Waals surface area contributed by atoms with Gasteiger partial charge in [-0.15, -0.1) is 0 Å². The number of likely N-dealkylation sites (N-methyl/N-ethyl adjacent to an activating group) is 1. The number of piperidine rings is 1. The molecule has 1 fully saturated rings. The number of hydrogen-bond acceptors (Lipinski definition) is 3. The standard InChI is InChI=1S/C13H27N3O/c1-4-10(2)12(14)13(17)15-9-11-7-5-6-8-16(11)3/h10-12H,4-9,14H2,1-3H3,(H,15,17). The highest BCUT2D eigenvalue weighted by atomic mass is 16.2. The van der Waals surface area contributed by atoms with Crippen molar-refractivity contribution in [3.05, 3.63) is 0 Å². The Hall–Kier alpha value is -0.610. The lowest BCUT2D eigenvalue weighted by molar-refractivity contribution is -0.123. The first-order valence-corrected chi connectivity index (χ1v) is 6.79. The summed E-state index contributed by atoms with van der Waals surface area (Å²) in [5.41, 5.74) is 5.90. The summed E-state index contributed by atoms with van der Waals surface area (Å²) in [7, 11) is 2.13. The Balaban J connectivity index is 2.31. The van der Waals surface area contributed by atoms with Crippen molar-refractivity contribution < 1.29 is 4.79 Å². The highest BCUT2D eigenvalue weighted by molar-refractivity contribution is 5.81. The number of carbonyl (C=O) groups excluding carboxylic acids is 1. The molecule has 3 unspecified atom stereocenters. The van der Waals surface area contributed by atoms with Crippen LogP contribution in [0.2, 0.25) is 0 Å². The van der Waals surface area contributed by atoms with Crippen LogP contribution in [0.15, 0.2) is 0 Å². The third-order valence-electron chi connectivity index (χ3n) is 3.99. The Morgan fingerprint density at radius 1 is 1.53 bits per heavy atom. The van der Waals surface area contributed by atoms with Crippen LogP contribution in [0.1, 0.15) is 39.5 Å². The molecule has 0 aromatic heterocycles. The van der Waals surface area contributed by atoms with E-state index in [1.54, 1.807) is 0 Å². The summed E-state index contributed by atoms with van der Waals surface area (Å²) < 4.78 is 0. The highest BCUT2D eigenvalue weighted by Crippen LogP contribution is 2.14. The van der Waals surface area contributed by atoms with E-state index in [1.165, 1.54) is 19.3 Å². The van der Waals surface area contributed by atoms with Gasteiger partial charge in [0.05, 0.1) is 6.04 Å². The van der Waals surface area contributed by atoms with E-state index in [0.717, 1.165) is 19.5 Å². The van der Waals surface area contributed by atoms with Gasteiger partial charge in [0, 0.05) is 12.6 Å². The molecule has 1 rings (SSSR count). The molecule has 100 valence electrons. The third-order valence-corrected chi connectivity index (χ3v) is 3.99. The fourth-order valence-corrected chi connectivity index (χ4v) is 2.25. The lowest BCUT2D eigenvalue weighted by Crippen LogP contribution is -2.50. The first-order chi connectivity index (χ1) is 8.06. The van der Waals surface area contributed by atoms with Gasteiger partial charge in [0.2, 0.25) is 5.91 Å². The highest BCUT2D eigenvalue weighted by Gasteiger charge is 2.22. The van der Waals surface area contributed by atoms with Crippen LogP contribution in [0.25, 0.3) is 0 Å². The van der Waals surface area contributed by atoms with Crippen molar-refractivity contribution in [1.29, 1.82) is 0 Å². The van der Waals surface area contributed by atoms with Crippen molar-refractivity contribution in [2.24, 2.45) is 11.7 Å². The lowest BCUT2D eigenvalue weighted by atomic mass is 9.99. The van der Waals surface area contributed by atoms with Crippen molar-refractivity contribution in [1.82, 2.24) is 10.2 Å². The molecule has 0 saturated carbocycles. The molecule has 1 amide bonds. The van der Waals surface area contributed by atoms with Gasteiger partial charge < -0.3 is 16.0 Å². The first kappa shape index (κ1) is 14.5. The van der Waals surface area contributed by atoms with Crippen LogP contribution in [-0.4, -0.2) is 43.0 Å². The summed E-state index contributed by atoms with van der Waals surface area (Å²) in [4.78, 5) is 14.2. The minimum absolute atomic E-state index is 0.00155. The maximum Gasteiger partial charge on any atom is 0.237 e. The molecule has 3 N–H and O–H groups in total. The van der Waals surface area contributed by atoms with Gasteiger partial charge in [-0.25, -0.2) is 0 Å². The second-order valence-corrected chi connectivity index (χ2v) is 5.29. The van der Waals surface area contributed by atoms with Gasteiger partial charge in [-0.3, -0.25) is 4.79 Å². The quantitative estimate of drug-likeness (QED) is 0.754. The average Bonchev–Trinajstić information content (AvgIpc) is 2.35. The average molecular weight is 241 g/mol. The number of likely N-dealkylation sites (tertiary alicyclic amines) is 1. The summed E-state index contributed by atoms with van der Waals surface area (Å²) in [6, 6.07) is 0.116. The van der Waals surface area contributed by atoms with E-state index in [0.29, 0.717) is 6.04 Å². The number of carbonyl (C=O) groups is 1. The molecule has 0 aliphatic carbocycles. The van der Waals surface area contributed by atoms with Crippen LogP contribution >= 0.6 is 0 Å². The van der Waals surface area contributed by atoms with E-state index in [-0.39, 0.29) is 17.9 Å². The minimum atomic E-state index is -0.367. The lowest BCUT2D eigenvalue weighted by Gasteiger charge is -2.33. The minimum Gasteiger partial charge on any atom is -0.353 e. The zero-order valence-electron chi connectivity index (χ0n) is 11.4. The first-order valence-electron chi connectivity index (χ1n) is 6.79. The number of nitrogens with one attached hydrogen (secondary N) is 1. The molecule has 17 heavy (non-hydrogen) atoms. The topological polar surface area (TPSA) is 58.4 Å². The molecule has 0 spiro atoms. The number of rotatable bonds is 5. The van der Waals surface area contributed by atoms with E-state index in [1.807, 2.05) is 6.92 Å². The van der Waals surface area contributed by atoms with Gasteiger partial charge in [-0.05, 0) is 32.4 Å². The number of hydrogen-bond donors (Lipinski definition) is 2. The van der Waals surface area contributed by atoms with Crippen molar-refractivity contribution in [2.75, 3.05) is 20.1 Å². The van der Waals surface area contributed by atoms with E-state index in [9.17, 15) is 4.79 Å². The molecule has 0 aromatic rings. The van der Waals surface area contributed by atoms with E-state index >= 15 is 0 Å². The van der Waals surface area contributed by atoms with Gasteiger partial charge in [0.1, 0.15) is 0 Å². The molecular formula is C13H27N3O. The van der Waals surface area contributed by atoms with Gasteiger partial charge in [0.25, 0.3) is 0 Å². The number of amides is 1. The maximum absolute atomic E-state index is 11.8. The Kier molecular flexibility index (Phi) is 5.92. The van der Waals surface area contributed by atoms with Gasteiger partial charge in [-0.2, -0.15) is 0 Å². The van der Waals surface area contributed by atoms with Crippen LogP contribution in [0.4, 0.5) is 0 Å². The Morgan fingerprint density at radius 2 is 2.24 bits per heavy atom. The summed E-state index contributed by atoms with van der Waals surface area (Å²) >= 11 is 0. The largest absolute Gasteiger partial charge is 0.353 e. The molecule has 1 heterocycles. The van der Waals surface area contributed by atoms with Crippen molar-refractivity contribution in [3.63, 3.8) is 0 Å². The van der Waals surface area contributed by atoms with E-state index < -0.39 is 0 Å². The Labute approximate surface area is 105 Å². The number of nitrogens with two attached hydrogens (primary N) is 1. The van der Waals surface area contributed by atoms with Crippen molar-refractivity contribution in [2.45, 2.75) is 51.6 Å². The molecule has 4 nitrogen and oxygen atoms in total. The van der Waals surface area contributed by atoms with Crippen LogP contribution < -0.4 is 11.1 Å². The normalized spacial score (nSPS) is 25.3. The molecule has 3 atom stereocenters. The fraction of sp³-hybridized carbons (Fsp3) is 0.923. The van der Waals surface area contributed by atoms with Gasteiger partial charge >= 0.3 is 0 Å². The van der Waals surface area contributed by atoms with E-state index in [4.69, 9.17) is 5.73 Å². The predicted octanol–water partition coefficient (Wildman–Crippen LogP) is 0.960. The van der Waals surface area contributed by atoms with Crippen molar-refractivity contribution in [3.8, 4) is 0 Å². The second-order valence-electron chi connectivity index (χ2n) is 5.29. The van der Waals surface area contributed by atoms with Gasteiger partial charge in [-0.1, -0.05) is 26.7 Å². The zero-order valence-corrected chi connectivity index (χ0v) is 11.4. The summed E-state index contributed by atoms with van der Waals surface area (Å²) in [5, 5.41) is 2.99. The second kappa shape index (κ2) is 6.97. The molecule has 1 aliphatic heterocycles.